The zero-order chi connectivity index (χ0) is 23.0. The fraction of sp³-hybridized carbons (Fsp3) is 0.571. The van der Waals surface area contributed by atoms with Crippen LogP contribution in [0.3, 0.4) is 0 Å². The number of rotatable bonds is 16. The van der Waals surface area contributed by atoms with Crippen molar-refractivity contribution < 1.29 is 9.59 Å². The Kier molecular flexibility index (Phi) is 12.5. The molecule has 1 aliphatic heterocycles. The molecular weight excluding hydrogens is 396 g/mol. The number of amides is 3. The first-order chi connectivity index (χ1) is 15.7. The lowest BCUT2D eigenvalue weighted by Gasteiger charge is -2.21. The van der Waals surface area contributed by atoms with Gasteiger partial charge in [0.15, 0.2) is 0 Å². The molecular formula is C28H42N2O2. The summed E-state index contributed by atoms with van der Waals surface area (Å²) in [6.45, 7) is 5.00. The maximum absolute atomic E-state index is 12.9. The van der Waals surface area contributed by atoms with Gasteiger partial charge in [0.2, 0.25) is 0 Å². The molecule has 32 heavy (non-hydrogen) atoms. The SMILES string of the molecule is CCCCCCCCC(CCCCCC)CN1C(=O)NC(=CC=Cc2ccccc2)C1=O. The van der Waals surface area contributed by atoms with Crippen LogP contribution in [-0.2, 0) is 4.79 Å². The van der Waals surface area contributed by atoms with Gasteiger partial charge in [-0.1, -0.05) is 121 Å². The van der Waals surface area contributed by atoms with Crippen molar-refractivity contribution >= 4 is 18.0 Å². The smallest absolute Gasteiger partial charge is 0.303 e. The monoisotopic (exact) mass is 438 g/mol. The summed E-state index contributed by atoms with van der Waals surface area (Å²) in [5, 5.41) is 2.76. The highest BCUT2D eigenvalue weighted by Gasteiger charge is 2.34. The van der Waals surface area contributed by atoms with Crippen LogP contribution < -0.4 is 5.32 Å². The molecule has 0 spiro atoms. The van der Waals surface area contributed by atoms with Crippen LogP contribution in [0.1, 0.15) is 96.5 Å². The number of nitrogens with one attached hydrogen (secondary N) is 1. The highest BCUT2D eigenvalue weighted by Crippen LogP contribution is 2.22. The van der Waals surface area contributed by atoms with E-state index in [1.54, 1.807) is 6.08 Å². The molecule has 0 saturated carbocycles. The first-order valence-electron chi connectivity index (χ1n) is 12.7. The molecule has 2 rings (SSSR count). The lowest BCUT2D eigenvalue weighted by atomic mass is 9.93. The predicted octanol–water partition coefficient (Wildman–Crippen LogP) is 7.47. The zero-order valence-corrected chi connectivity index (χ0v) is 20.2. The lowest BCUT2D eigenvalue weighted by molar-refractivity contribution is -0.123. The van der Waals surface area contributed by atoms with Gasteiger partial charge in [-0.05, 0) is 30.4 Å². The Morgan fingerprint density at radius 1 is 0.844 bits per heavy atom. The van der Waals surface area contributed by atoms with E-state index in [0.717, 1.165) is 18.4 Å². The molecule has 1 saturated heterocycles. The fourth-order valence-electron chi connectivity index (χ4n) is 4.23. The summed E-state index contributed by atoms with van der Waals surface area (Å²) in [7, 11) is 0. The second-order valence-electron chi connectivity index (χ2n) is 8.97. The van der Waals surface area contributed by atoms with E-state index in [0.29, 0.717) is 18.2 Å². The van der Waals surface area contributed by atoms with Gasteiger partial charge in [0, 0.05) is 6.54 Å². The quantitative estimate of drug-likeness (QED) is 0.165. The van der Waals surface area contributed by atoms with Crippen LogP contribution in [0.25, 0.3) is 6.08 Å². The second-order valence-corrected chi connectivity index (χ2v) is 8.97. The minimum atomic E-state index is -0.282. The number of hydrogen-bond donors (Lipinski definition) is 1. The Hall–Kier alpha value is -2.36. The molecule has 1 atom stereocenters. The third kappa shape index (κ3) is 9.42. The van der Waals surface area contributed by atoms with E-state index >= 15 is 0 Å². The van der Waals surface area contributed by atoms with Crippen molar-refractivity contribution in [3.05, 3.63) is 53.7 Å². The Balaban J connectivity index is 1.90. The van der Waals surface area contributed by atoms with Crippen LogP contribution in [0.15, 0.2) is 48.2 Å². The van der Waals surface area contributed by atoms with E-state index < -0.39 is 0 Å². The summed E-state index contributed by atoms with van der Waals surface area (Å²) in [5.74, 6) is 0.196. The maximum atomic E-state index is 12.9. The zero-order valence-electron chi connectivity index (χ0n) is 20.2. The Morgan fingerprint density at radius 2 is 1.44 bits per heavy atom. The van der Waals surface area contributed by atoms with E-state index in [1.165, 1.54) is 69.1 Å². The van der Waals surface area contributed by atoms with Gasteiger partial charge in [0.25, 0.3) is 5.91 Å². The molecule has 1 aromatic rings. The van der Waals surface area contributed by atoms with Gasteiger partial charge < -0.3 is 5.32 Å². The summed E-state index contributed by atoms with van der Waals surface area (Å²) >= 11 is 0. The Bertz CT molecular complexity index is 739. The van der Waals surface area contributed by atoms with Gasteiger partial charge >= 0.3 is 6.03 Å². The van der Waals surface area contributed by atoms with Gasteiger partial charge in [-0.15, -0.1) is 0 Å². The number of carbonyl (C=O) groups excluding carboxylic acids is 2. The minimum absolute atomic E-state index is 0.200. The largest absolute Gasteiger partial charge is 0.329 e. The Labute approximate surface area is 195 Å². The summed E-state index contributed by atoms with van der Waals surface area (Å²) in [6, 6.07) is 9.64. The van der Waals surface area contributed by atoms with E-state index in [2.05, 4.69) is 19.2 Å². The second kappa shape index (κ2) is 15.4. The van der Waals surface area contributed by atoms with Crippen molar-refractivity contribution in [3.63, 3.8) is 0 Å². The third-order valence-electron chi connectivity index (χ3n) is 6.19. The topological polar surface area (TPSA) is 49.4 Å². The average Bonchev–Trinajstić information content (AvgIpc) is 3.07. The van der Waals surface area contributed by atoms with Crippen LogP contribution in [0.4, 0.5) is 4.79 Å². The van der Waals surface area contributed by atoms with Crippen LogP contribution in [0.2, 0.25) is 0 Å². The van der Waals surface area contributed by atoms with Crippen molar-refractivity contribution in [2.75, 3.05) is 6.54 Å². The number of hydrogen-bond acceptors (Lipinski definition) is 2. The van der Waals surface area contributed by atoms with E-state index in [4.69, 9.17) is 0 Å². The number of allylic oxidation sites excluding steroid dienone is 2. The number of urea groups is 1. The van der Waals surface area contributed by atoms with E-state index in [-0.39, 0.29) is 11.9 Å². The average molecular weight is 439 g/mol. The number of imide groups is 1. The highest BCUT2D eigenvalue weighted by molar-refractivity contribution is 6.11. The standard InChI is InChI=1S/C28H42N2O2/c1-3-5-7-9-10-13-20-25(19-12-8-6-4-2)23-30-27(31)26(29-28(30)32)22-16-21-24-17-14-11-15-18-24/h11,14-18,21-22,25H,3-10,12-13,19-20,23H2,1-2H3,(H,29,32). The molecule has 1 aliphatic rings. The molecule has 0 aliphatic carbocycles. The number of benzene rings is 1. The Morgan fingerprint density at radius 3 is 2.09 bits per heavy atom. The molecule has 1 N–H and O–H groups in total. The van der Waals surface area contributed by atoms with Crippen LogP contribution in [0, 0.1) is 5.92 Å². The summed E-state index contributed by atoms with van der Waals surface area (Å²) < 4.78 is 0. The number of carbonyl (C=O) groups is 2. The molecule has 0 bridgehead atoms. The van der Waals surface area contributed by atoms with Crippen molar-refractivity contribution in [1.82, 2.24) is 10.2 Å². The highest BCUT2D eigenvalue weighted by atomic mass is 16.2. The normalized spacial score (nSPS) is 16.3. The van der Waals surface area contributed by atoms with Crippen LogP contribution in [-0.4, -0.2) is 23.4 Å². The van der Waals surface area contributed by atoms with Crippen molar-refractivity contribution in [3.8, 4) is 0 Å². The summed E-state index contributed by atoms with van der Waals surface area (Å²) in [6.07, 6.45) is 20.2. The van der Waals surface area contributed by atoms with E-state index in [1.807, 2.05) is 42.5 Å². The molecule has 1 heterocycles. The first-order valence-corrected chi connectivity index (χ1v) is 12.7. The molecule has 4 nitrogen and oxygen atoms in total. The molecule has 1 unspecified atom stereocenters. The number of unbranched alkanes of at least 4 members (excludes halogenated alkanes) is 8. The van der Waals surface area contributed by atoms with Crippen LogP contribution in [0.5, 0.6) is 0 Å². The molecule has 4 heteroatoms. The fourth-order valence-corrected chi connectivity index (χ4v) is 4.23. The third-order valence-corrected chi connectivity index (χ3v) is 6.19. The maximum Gasteiger partial charge on any atom is 0.329 e. The predicted molar refractivity (Wildman–Crippen MR) is 134 cm³/mol. The van der Waals surface area contributed by atoms with Crippen LogP contribution >= 0.6 is 0 Å². The van der Waals surface area contributed by atoms with Crippen molar-refractivity contribution in [2.45, 2.75) is 90.9 Å². The van der Waals surface area contributed by atoms with Gasteiger partial charge in [-0.25, -0.2) is 4.79 Å². The van der Waals surface area contributed by atoms with Gasteiger partial charge in [-0.2, -0.15) is 0 Å². The minimum Gasteiger partial charge on any atom is -0.303 e. The molecule has 3 amide bonds. The summed E-state index contributed by atoms with van der Waals surface area (Å²) in [5.41, 5.74) is 1.43. The molecule has 1 fully saturated rings. The molecule has 0 radical (unpaired) electrons. The van der Waals surface area contributed by atoms with Gasteiger partial charge in [0.1, 0.15) is 5.70 Å². The summed E-state index contributed by atoms with van der Waals surface area (Å²) in [4.78, 5) is 26.8. The molecule has 176 valence electrons. The number of nitrogens with zero attached hydrogens (tertiary/aromatic N) is 1. The van der Waals surface area contributed by atoms with Gasteiger partial charge in [-0.3, -0.25) is 9.69 Å². The molecule has 1 aromatic carbocycles. The van der Waals surface area contributed by atoms with Crippen molar-refractivity contribution in [2.24, 2.45) is 5.92 Å². The van der Waals surface area contributed by atoms with E-state index in [9.17, 15) is 9.59 Å². The molecule has 0 aromatic heterocycles. The van der Waals surface area contributed by atoms with Crippen molar-refractivity contribution in [1.29, 1.82) is 0 Å². The lowest BCUT2D eigenvalue weighted by Crippen LogP contribution is -2.35. The van der Waals surface area contributed by atoms with Gasteiger partial charge in [0.05, 0.1) is 0 Å². The first kappa shape index (κ1) is 25.9.